The fourth-order valence-corrected chi connectivity index (χ4v) is 2.50. The van der Waals surface area contributed by atoms with Crippen molar-refractivity contribution in [3.63, 3.8) is 0 Å². The van der Waals surface area contributed by atoms with Gasteiger partial charge in [0.15, 0.2) is 11.5 Å². The Kier molecular flexibility index (Phi) is 2.75. The lowest BCUT2D eigenvalue weighted by atomic mass is 10.1. The quantitative estimate of drug-likeness (QED) is 0.792. The van der Waals surface area contributed by atoms with Gasteiger partial charge in [-0.3, -0.25) is 0 Å². The van der Waals surface area contributed by atoms with E-state index in [1.165, 1.54) is 11.3 Å². The lowest BCUT2D eigenvalue weighted by molar-refractivity contribution is 0.355. The average molecular weight is 276 g/mol. The first-order valence-electron chi connectivity index (χ1n) is 5.55. The number of imidazole rings is 1. The molecular formula is C12H12N4O2S. The third-order valence-corrected chi connectivity index (χ3v) is 3.49. The predicted octanol–water partition coefficient (Wildman–Crippen LogP) is 2.06. The van der Waals surface area contributed by atoms with Gasteiger partial charge in [0, 0.05) is 5.56 Å². The lowest BCUT2D eigenvalue weighted by Crippen LogP contribution is -1.91. The highest BCUT2D eigenvalue weighted by atomic mass is 32.1. The van der Waals surface area contributed by atoms with Gasteiger partial charge in [0.25, 0.3) is 0 Å². The molecule has 0 saturated heterocycles. The zero-order chi connectivity index (χ0) is 13.4. The molecule has 0 saturated carbocycles. The molecule has 2 heterocycles. The maximum atomic E-state index is 5.62. The lowest BCUT2D eigenvalue weighted by Gasteiger charge is -2.08. The molecule has 98 valence electrons. The fraction of sp³-hybridized carbons (Fsp3) is 0.167. The molecule has 3 aromatic rings. The number of aromatic nitrogens is 3. The summed E-state index contributed by atoms with van der Waals surface area (Å²) in [4.78, 5) is 5.24. The molecule has 7 heteroatoms. The largest absolute Gasteiger partial charge is 0.493 e. The maximum absolute atomic E-state index is 5.62. The van der Waals surface area contributed by atoms with Crippen molar-refractivity contribution in [2.45, 2.75) is 0 Å². The maximum Gasteiger partial charge on any atom is 0.214 e. The van der Waals surface area contributed by atoms with Crippen LogP contribution in [-0.2, 0) is 0 Å². The molecule has 0 radical (unpaired) electrons. The summed E-state index contributed by atoms with van der Waals surface area (Å²) in [6.45, 7) is 0. The zero-order valence-electron chi connectivity index (χ0n) is 10.5. The second-order valence-corrected chi connectivity index (χ2v) is 4.85. The van der Waals surface area contributed by atoms with Crippen LogP contribution in [0.1, 0.15) is 0 Å². The first kappa shape index (κ1) is 11.8. The molecule has 0 atom stereocenters. The summed E-state index contributed by atoms with van der Waals surface area (Å²) in [5.74, 6) is 1.36. The number of methoxy groups -OCH3 is 2. The van der Waals surface area contributed by atoms with Crippen LogP contribution in [0.5, 0.6) is 11.5 Å². The molecule has 0 amide bonds. The molecule has 0 aliphatic carbocycles. The van der Waals surface area contributed by atoms with Gasteiger partial charge < -0.3 is 15.2 Å². The summed E-state index contributed by atoms with van der Waals surface area (Å²) in [7, 11) is 3.21. The topological polar surface area (TPSA) is 74.7 Å². The minimum Gasteiger partial charge on any atom is -0.493 e. The highest BCUT2D eigenvalue weighted by Crippen LogP contribution is 2.32. The van der Waals surface area contributed by atoms with E-state index in [2.05, 4.69) is 10.1 Å². The molecule has 0 aliphatic heterocycles. The van der Waals surface area contributed by atoms with E-state index in [9.17, 15) is 0 Å². The molecule has 6 nitrogen and oxygen atoms in total. The Morgan fingerprint density at radius 2 is 2.00 bits per heavy atom. The van der Waals surface area contributed by atoms with Gasteiger partial charge in [-0.1, -0.05) is 11.3 Å². The Morgan fingerprint density at radius 3 is 2.68 bits per heavy atom. The predicted molar refractivity (Wildman–Crippen MR) is 73.8 cm³/mol. The molecule has 0 aliphatic rings. The number of hydrogen-bond acceptors (Lipinski definition) is 6. The first-order chi connectivity index (χ1) is 9.21. The molecule has 0 bridgehead atoms. The van der Waals surface area contributed by atoms with Gasteiger partial charge in [-0.15, -0.1) is 5.10 Å². The first-order valence-corrected chi connectivity index (χ1v) is 6.37. The number of hydrogen-bond donors (Lipinski definition) is 1. The van der Waals surface area contributed by atoms with Crippen molar-refractivity contribution in [2.75, 3.05) is 20.0 Å². The number of nitrogens with zero attached hydrogens (tertiary/aromatic N) is 3. The van der Waals surface area contributed by atoms with Gasteiger partial charge in [-0.25, -0.2) is 9.50 Å². The van der Waals surface area contributed by atoms with E-state index in [4.69, 9.17) is 15.2 Å². The Hall–Kier alpha value is -2.28. The van der Waals surface area contributed by atoms with Crippen molar-refractivity contribution in [2.24, 2.45) is 0 Å². The van der Waals surface area contributed by atoms with Gasteiger partial charge in [0.05, 0.1) is 26.1 Å². The van der Waals surface area contributed by atoms with Crippen molar-refractivity contribution in [1.29, 1.82) is 0 Å². The number of benzene rings is 1. The Balaban J connectivity index is 2.07. The summed E-state index contributed by atoms with van der Waals surface area (Å²) < 4.78 is 12.2. The van der Waals surface area contributed by atoms with Crippen molar-refractivity contribution >= 4 is 21.4 Å². The zero-order valence-corrected chi connectivity index (χ0v) is 11.3. The summed E-state index contributed by atoms with van der Waals surface area (Å²) in [5, 5.41) is 4.63. The average Bonchev–Trinajstić information content (AvgIpc) is 2.95. The van der Waals surface area contributed by atoms with Crippen molar-refractivity contribution < 1.29 is 9.47 Å². The van der Waals surface area contributed by atoms with E-state index < -0.39 is 0 Å². The van der Waals surface area contributed by atoms with Crippen LogP contribution in [0.15, 0.2) is 24.4 Å². The number of nitrogens with two attached hydrogens (primary N) is 1. The summed E-state index contributed by atoms with van der Waals surface area (Å²) >= 11 is 1.35. The second kappa shape index (κ2) is 4.43. The van der Waals surface area contributed by atoms with Crippen LogP contribution in [0, 0.1) is 0 Å². The van der Waals surface area contributed by atoms with Gasteiger partial charge in [0.2, 0.25) is 10.1 Å². The minimum absolute atomic E-state index is 0.501. The van der Waals surface area contributed by atoms with Crippen LogP contribution in [0.25, 0.3) is 16.2 Å². The van der Waals surface area contributed by atoms with Gasteiger partial charge in [0.1, 0.15) is 0 Å². The number of fused-ring (bicyclic) bond motifs is 1. The van der Waals surface area contributed by atoms with E-state index in [1.54, 1.807) is 18.7 Å². The summed E-state index contributed by atoms with van der Waals surface area (Å²) in [6, 6.07) is 5.66. The van der Waals surface area contributed by atoms with Crippen LogP contribution in [0.3, 0.4) is 0 Å². The van der Waals surface area contributed by atoms with Crippen molar-refractivity contribution in [3.8, 4) is 22.8 Å². The standard InChI is InChI=1S/C12H12N4O2S/c1-17-9-4-3-7(5-10(9)18-2)8-6-16-12(14-8)19-11(13)15-16/h3-6H,1-2H3,(H2,13,15). The van der Waals surface area contributed by atoms with Gasteiger partial charge in [-0.2, -0.15) is 0 Å². The summed E-state index contributed by atoms with van der Waals surface area (Å²) in [6.07, 6.45) is 1.84. The van der Waals surface area contributed by atoms with E-state index in [1.807, 2.05) is 24.4 Å². The van der Waals surface area contributed by atoms with E-state index in [-0.39, 0.29) is 0 Å². The van der Waals surface area contributed by atoms with Crippen LogP contribution in [-0.4, -0.2) is 28.8 Å². The van der Waals surface area contributed by atoms with Gasteiger partial charge >= 0.3 is 0 Å². The van der Waals surface area contributed by atoms with Crippen LogP contribution in [0.4, 0.5) is 5.13 Å². The third kappa shape index (κ3) is 1.97. The van der Waals surface area contributed by atoms with Crippen LogP contribution in [0.2, 0.25) is 0 Å². The molecule has 2 aromatic heterocycles. The minimum atomic E-state index is 0.501. The molecule has 2 N–H and O–H groups in total. The number of nitrogen functional groups attached to an aromatic ring is 1. The number of ether oxygens (including phenoxy) is 2. The molecule has 19 heavy (non-hydrogen) atoms. The summed E-state index contributed by atoms with van der Waals surface area (Å²) in [5.41, 5.74) is 7.38. The second-order valence-electron chi connectivity index (χ2n) is 3.86. The van der Waals surface area contributed by atoms with E-state index >= 15 is 0 Å². The molecular weight excluding hydrogens is 264 g/mol. The van der Waals surface area contributed by atoms with Crippen LogP contribution >= 0.6 is 11.3 Å². The Morgan fingerprint density at radius 1 is 1.21 bits per heavy atom. The van der Waals surface area contributed by atoms with Gasteiger partial charge in [-0.05, 0) is 18.2 Å². The molecule has 1 aromatic carbocycles. The molecule has 0 fully saturated rings. The number of anilines is 1. The van der Waals surface area contributed by atoms with E-state index in [0.717, 1.165) is 16.2 Å². The SMILES string of the molecule is COc1ccc(-c2cn3nc(N)sc3n2)cc1OC. The van der Waals surface area contributed by atoms with Crippen molar-refractivity contribution in [1.82, 2.24) is 14.6 Å². The Labute approximate surface area is 113 Å². The molecule has 0 unspecified atom stereocenters. The third-order valence-electron chi connectivity index (χ3n) is 2.74. The molecule has 0 spiro atoms. The smallest absolute Gasteiger partial charge is 0.214 e. The monoisotopic (exact) mass is 276 g/mol. The highest BCUT2D eigenvalue weighted by molar-refractivity contribution is 7.20. The van der Waals surface area contributed by atoms with Crippen LogP contribution < -0.4 is 15.2 Å². The van der Waals surface area contributed by atoms with Crippen molar-refractivity contribution in [3.05, 3.63) is 24.4 Å². The van der Waals surface area contributed by atoms with E-state index in [0.29, 0.717) is 16.6 Å². The Bertz CT molecular complexity index is 703. The molecule has 3 rings (SSSR count). The highest BCUT2D eigenvalue weighted by Gasteiger charge is 2.11. The normalized spacial score (nSPS) is 10.8. The fourth-order valence-electron chi connectivity index (χ4n) is 1.85. The number of rotatable bonds is 3.